The van der Waals surface area contributed by atoms with Gasteiger partial charge in [0, 0.05) is 13.2 Å². The average Bonchev–Trinajstić information content (AvgIpc) is 2.38. The van der Waals surface area contributed by atoms with Crippen LogP contribution >= 0.6 is 0 Å². The second kappa shape index (κ2) is 5.62. The van der Waals surface area contributed by atoms with Crippen LogP contribution in [0.4, 0.5) is 0 Å². The molecule has 0 aliphatic carbocycles. The Labute approximate surface area is 99.9 Å². The molecule has 0 aromatic heterocycles. The van der Waals surface area contributed by atoms with Crippen molar-refractivity contribution in [2.75, 3.05) is 13.2 Å². The van der Waals surface area contributed by atoms with Crippen LogP contribution in [0.15, 0.2) is 30.3 Å². The van der Waals surface area contributed by atoms with Crippen LogP contribution in [0.3, 0.4) is 0 Å². The lowest BCUT2D eigenvalue weighted by atomic mass is 10.0. The van der Waals surface area contributed by atoms with Crippen LogP contribution in [0.25, 0.3) is 0 Å². The summed E-state index contributed by atoms with van der Waals surface area (Å²) in [5.74, 6) is 0. The zero-order chi connectivity index (χ0) is 11.3. The van der Waals surface area contributed by atoms with Gasteiger partial charge in [0.1, 0.15) is 5.22 Å². The zero-order valence-corrected chi connectivity index (χ0v) is 11.4. The van der Waals surface area contributed by atoms with Gasteiger partial charge in [0.05, 0.1) is 0 Å². The molecular formula is C13H20O2Si. The van der Waals surface area contributed by atoms with Crippen molar-refractivity contribution >= 4 is 9.76 Å². The largest absolute Gasteiger partial charge is 0.421 e. The number of rotatable bonds is 4. The Balaban J connectivity index is 2.19. The highest BCUT2D eigenvalue weighted by Gasteiger charge is 2.35. The van der Waals surface area contributed by atoms with Crippen LogP contribution in [0.2, 0.25) is 0 Å². The maximum absolute atomic E-state index is 6.09. The van der Waals surface area contributed by atoms with Crippen LogP contribution in [-0.4, -0.2) is 23.0 Å². The molecule has 0 N–H and O–H groups in total. The van der Waals surface area contributed by atoms with E-state index in [9.17, 15) is 0 Å². The van der Waals surface area contributed by atoms with Crippen LogP contribution < -0.4 is 0 Å². The first kappa shape index (κ1) is 11.8. The third-order valence-electron chi connectivity index (χ3n) is 3.19. The molecule has 0 radical (unpaired) electrons. The minimum Gasteiger partial charge on any atom is -0.421 e. The molecule has 1 atom stereocenters. The minimum absolute atomic E-state index is 0.0600. The summed E-state index contributed by atoms with van der Waals surface area (Å²) in [7, 11) is -0.662. The quantitative estimate of drug-likeness (QED) is 0.746. The predicted molar refractivity (Wildman–Crippen MR) is 68.1 cm³/mol. The molecule has 3 heteroatoms. The molecule has 0 spiro atoms. The highest BCUT2D eigenvalue weighted by Crippen LogP contribution is 2.34. The Morgan fingerprint density at radius 3 is 2.75 bits per heavy atom. The summed E-state index contributed by atoms with van der Waals surface area (Å²) in [5.41, 5.74) is 1.31. The van der Waals surface area contributed by atoms with Crippen LogP contribution in [-0.2, 0) is 14.4 Å². The van der Waals surface area contributed by atoms with Gasteiger partial charge in [-0.3, -0.25) is 0 Å². The van der Waals surface area contributed by atoms with Crippen molar-refractivity contribution in [2.45, 2.75) is 31.4 Å². The summed E-state index contributed by atoms with van der Waals surface area (Å²) in [4.78, 5) is 0. The molecule has 0 bridgehead atoms. The standard InChI is InChI=1S/C13H20O2Si/c1-2-15-16-13(10-6-7-11-14-13)12-8-4-3-5-9-12/h3-5,8-9H,2,6-7,10-11,16H2,1H3. The Hall–Kier alpha value is -0.643. The lowest BCUT2D eigenvalue weighted by molar-refractivity contribution is -0.0332. The molecular weight excluding hydrogens is 216 g/mol. The van der Waals surface area contributed by atoms with E-state index in [1.807, 2.05) is 0 Å². The van der Waals surface area contributed by atoms with Crippen molar-refractivity contribution in [3.05, 3.63) is 35.9 Å². The molecule has 1 aliphatic heterocycles. The van der Waals surface area contributed by atoms with Gasteiger partial charge in [-0.2, -0.15) is 0 Å². The SMILES string of the molecule is CCO[SiH2]C1(c2ccccc2)CCCCO1. The molecule has 1 aromatic rings. The van der Waals surface area contributed by atoms with Gasteiger partial charge >= 0.3 is 0 Å². The summed E-state index contributed by atoms with van der Waals surface area (Å²) >= 11 is 0. The molecule has 1 aromatic carbocycles. The van der Waals surface area contributed by atoms with Gasteiger partial charge in [-0.1, -0.05) is 30.3 Å². The second-order valence-corrected chi connectivity index (χ2v) is 6.14. The lowest BCUT2D eigenvalue weighted by Crippen LogP contribution is -2.40. The molecule has 88 valence electrons. The van der Waals surface area contributed by atoms with Crippen LogP contribution in [0, 0.1) is 0 Å². The van der Waals surface area contributed by atoms with E-state index >= 15 is 0 Å². The zero-order valence-electron chi connectivity index (χ0n) is 9.95. The first-order chi connectivity index (χ1) is 7.87. The first-order valence-corrected chi connectivity index (χ1v) is 7.43. The van der Waals surface area contributed by atoms with Gasteiger partial charge in [0.2, 0.25) is 0 Å². The molecule has 2 nitrogen and oxygen atoms in total. The third-order valence-corrected chi connectivity index (χ3v) is 5.24. The van der Waals surface area contributed by atoms with Crippen LogP contribution in [0.5, 0.6) is 0 Å². The normalized spacial score (nSPS) is 26.3. The van der Waals surface area contributed by atoms with Crippen molar-refractivity contribution < 1.29 is 9.16 Å². The van der Waals surface area contributed by atoms with Crippen LogP contribution in [0.1, 0.15) is 31.7 Å². The maximum Gasteiger partial charge on any atom is 0.199 e. The number of hydrogen-bond acceptors (Lipinski definition) is 2. The monoisotopic (exact) mass is 236 g/mol. The highest BCUT2D eigenvalue weighted by molar-refractivity contribution is 6.31. The molecule has 1 unspecified atom stereocenters. The van der Waals surface area contributed by atoms with Gasteiger partial charge < -0.3 is 9.16 Å². The number of ether oxygens (including phenoxy) is 1. The fraction of sp³-hybridized carbons (Fsp3) is 0.538. The highest BCUT2D eigenvalue weighted by atomic mass is 28.2. The Bertz CT molecular complexity index is 307. The van der Waals surface area contributed by atoms with Crippen molar-refractivity contribution in [3.8, 4) is 0 Å². The second-order valence-electron chi connectivity index (χ2n) is 4.30. The summed E-state index contributed by atoms with van der Waals surface area (Å²) in [6.07, 6.45) is 3.58. The van der Waals surface area contributed by atoms with Gasteiger partial charge in [-0.25, -0.2) is 0 Å². The average molecular weight is 236 g/mol. The van der Waals surface area contributed by atoms with E-state index in [1.54, 1.807) is 0 Å². The molecule has 1 heterocycles. The Morgan fingerprint density at radius 2 is 2.12 bits per heavy atom. The molecule has 1 fully saturated rings. The van der Waals surface area contributed by atoms with Gasteiger partial charge in [0.15, 0.2) is 9.76 Å². The summed E-state index contributed by atoms with van der Waals surface area (Å²) in [5, 5.41) is -0.0600. The van der Waals surface area contributed by atoms with E-state index in [1.165, 1.54) is 18.4 Å². The van der Waals surface area contributed by atoms with Crippen molar-refractivity contribution in [3.63, 3.8) is 0 Å². The molecule has 0 saturated carbocycles. The van der Waals surface area contributed by atoms with E-state index in [2.05, 4.69) is 37.3 Å². The third kappa shape index (κ3) is 2.54. The maximum atomic E-state index is 6.09. The molecule has 2 rings (SSSR count). The first-order valence-electron chi connectivity index (χ1n) is 6.15. The van der Waals surface area contributed by atoms with Gasteiger partial charge in [-0.05, 0) is 31.7 Å². The summed E-state index contributed by atoms with van der Waals surface area (Å²) < 4.78 is 11.8. The van der Waals surface area contributed by atoms with E-state index in [0.29, 0.717) is 0 Å². The number of hydrogen-bond donors (Lipinski definition) is 0. The molecule has 16 heavy (non-hydrogen) atoms. The lowest BCUT2D eigenvalue weighted by Gasteiger charge is -2.37. The van der Waals surface area contributed by atoms with E-state index < -0.39 is 9.76 Å². The molecule has 1 aliphatic rings. The van der Waals surface area contributed by atoms with Crippen molar-refractivity contribution in [1.29, 1.82) is 0 Å². The molecule has 0 amide bonds. The van der Waals surface area contributed by atoms with Crippen molar-refractivity contribution in [2.24, 2.45) is 0 Å². The van der Waals surface area contributed by atoms with Gasteiger partial charge in [-0.15, -0.1) is 0 Å². The topological polar surface area (TPSA) is 18.5 Å². The Morgan fingerprint density at radius 1 is 1.31 bits per heavy atom. The minimum atomic E-state index is -0.662. The molecule has 1 saturated heterocycles. The van der Waals surface area contributed by atoms with E-state index in [-0.39, 0.29) is 5.22 Å². The number of benzene rings is 1. The van der Waals surface area contributed by atoms with Crippen molar-refractivity contribution in [1.82, 2.24) is 0 Å². The Kier molecular flexibility index (Phi) is 4.15. The summed E-state index contributed by atoms with van der Waals surface area (Å²) in [6, 6.07) is 10.6. The summed E-state index contributed by atoms with van der Waals surface area (Å²) in [6.45, 7) is 3.76. The van der Waals surface area contributed by atoms with E-state index in [0.717, 1.165) is 19.6 Å². The fourth-order valence-corrected chi connectivity index (χ4v) is 3.84. The fourth-order valence-electron chi connectivity index (χ4n) is 2.29. The predicted octanol–water partition coefficient (Wildman–Crippen LogP) is 2.16. The van der Waals surface area contributed by atoms with E-state index in [4.69, 9.17) is 9.16 Å². The smallest absolute Gasteiger partial charge is 0.199 e. The van der Waals surface area contributed by atoms with Gasteiger partial charge in [0.25, 0.3) is 0 Å².